The molecule has 0 radical (unpaired) electrons. The molecule has 1 saturated heterocycles. The molecule has 0 atom stereocenters. The van der Waals surface area contributed by atoms with Crippen molar-refractivity contribution in [2.45, 2.75) is 4.90 Å². The molecule has 1 aliphatic rings. The first kappa shape index (κ1) is 21.6. The van der Waals surface area contributed by atoms with Crippen molar-refractivity contribution < 1.29 is 13.2 Å². The van der Waals surface area contributed by atoms with Crippen LogP contribution in [0.5, 0.6) is 5.75 Å². The number of halogens is 2. The Morgan fingerprint density at radius 2 is 1.54 bits per heavy atom. The van der Waals surface area contributed by atoms with Gasteiger partial charge in [-0.05, 0) is 36.4 Å². The average Bonchev–Trinajstić information content (AvgIpc) is 2.69. The Morgan fingerprint density at radius 1 is 0.929 bits per heavy atom. The fourth-order valence-corrected chi connectivity index (χ4v) is 4.83. The van der Waals surface area contributed by atoms with E-state index < -0.39 is 9.84 Å². The zero-order chi connectivity index (χ0) is 20.0. The van der Waals surface area contributed by atoms with Crippen molar-refractivity contribution in [2.75, 3.05) is 51.6 Å². The molecule has 0 unspecified atom stereocenters. The second-order valence-electron chi connectivity index (χ2n) is 6.73. The first-order chi connectivity index (χ1) is 13.4. The van der Waals surface area contributed by atoms with Gasteiger partial charge in [-0.2, -0.15) is 0 Å². The van der Waals surface area contributed by atoms with Gasteiger partial charge in [0.2, 0.25) is 0 Å². The molecule has 3 rings (SSSR count). The molecule has 1 heterocycles. The predicted molar refractivity (Wildman–Crippen MR) is 116 cm³/mol. The molecule has 0 amide bonds. The Bertz CT molecular complexity index is 869. The van der Waals surface area contributed by atoms with Crippen molar-refractivity contribution >= 4 is 37.4 Å². The molecule has 1 aliphatic heterocycles. The van der Waals surface area contributed by atoms with E-state index in [1.807, 2.05) is 24.3 Å². The second kappa shape index (κ2) is 10.1. The highest BCUT2D eigenvalue weighted by Gasteiger charge is 2.20. The molecule has 5 nitrogen and oxygen atoms in total. The summed E-state index contributed by atoms with van der Waals surface area (Å²) in [6.45, 7) is 5.51. The van der Waals surface area contributed by atoms with E-state index in [4.69, 9.17) is 16.3 Å². The molecule has 2 aromatic rings. The van der Waals surface area contributed by atoms with Crippen LogP contribution in [0, 0.1) is 0 Å². The molecule has 8 heteroatoms. The van der Waals surface area contributed by atoms with Gasteiger partial charge in [-0.3, -0.25) is 9.80 Å². The van der Waals surface area contributed by atoms with Crippen molar-refractivity contribution in [1.82, 2.24) is 9.80 Å². The molecule has 2 aromatic carbocycles. The Hall–Kier alpha value is -1.12. The van der Waals surface area contributed by atoms with Crippen molar-refractivity contribution in [3.63, 3.8) is 0 Å². The van der Waals surface area contributed by atoms with Gasteiger partial charge in [-0.15, -0.1) is 0 Å². The Balaban J connectivity index is 1.38. The molecule has 152 valence electrons. The van der Waals surface area contributed by atoms with E-state index in [-0.39, 0.29) is 5.75 Å². The Labute approximate surface area is 180 Å². The SMILES string of the molecule is O=S(=O)(CCN1CCN(CCOc2ccccc2Cl)CC1)c1ccc(Br)cc1. The summed E-state index contributed by atoms with van der Waals surface area (Å²) in [6, 6.07) is 14.3. The van der Waals surface area contributed by atoms with Crippen LogP contribution >= 0.6 is 27.5 Å². The quantitative estimate of drug-likeness (QED) is 0.570. The van der Waals surface area contributed by atoms with E-state index in [0.717, 1.165) is 37.2 Å². The van der Waals surface area contributed by atoms with Crippen LogP contribution in [0.2, 0.25) is 5.02 Å². The lowest BCUT2D eigenvalue weighted by Crippen LogP contribution is -2.48. The highest BCUT2D eigenvalue weighted by Crippen LogP contribution is 2.23. The van der Waals surface area contributed by atoms with E-state index in [1.54, 1.807) is 24.3 Å². The Morgan fingerprint density at radius 3 is 2.18 bits per heavy atom. The van der Waals surface area contributed by atoms with Crippen LogP contribution in [-0.4, -0.2) is 69.8 Å². The number of nitrogens with zero attached hydrogens (tertiary/aromatic N) is 2. The normalized spacial score (nSPS) is 16.2. The van der Waals surface area contributed by atoms with Crippen LogP contribution in [0.4, 0.5) is 0 Å². The van der Waals surface area contributed by atoms with Gasteiger partial charge in [0.05, 0.1) is 15.7 Å². The van der Waals surface area contributed by atoms with E-state index in [2.05, 4.69) is 25.7 Å². The third kappa shape index (κ3) is 6.19. The van der Waals surface area contributed by atoms with Crippen LogP contribution in [0.3, 0.4) is 0 Å². The minimum absolute atomic E-state index is 0.143. The fraction of sp³-hybridized carbons (Fsp3) is 0.400. The maximum absolute atomic E-state index is 12.5. The van der Waals surface area contributed by atoms with Crippen LogP contribution < -0.4 is 4.74 Å². The molecular weight excluding hydrogens is 464 g/mol. The van der Waals surface area contributed by atoms with Crippen molar-refractivity contribution in [1.29, 1.82) is 0 Å². The molecule has 0 aliphatic carbocycles. The maximum Gasteiger partial charge on any atom is 0.179 e. The molecule has 0 N–H and O–H groups in total. The number of rotatable bonds is 8. The summed E-state index contributed by atoms with van der Waals surface area (Å²) < 4.78 is 31.6. The molecule has 0 bridgehead atoms. The lowest BCUT2D eigenvalue weighted by atomic mass is 10.3. The third-order valence-corrected chi connectivity index (χ3v) is 7.37. The number of piperazine rings is 1. The number of hydrogen-bond acceptors (Lipinski definition) is 5. The predicted octanol–water partition coefficient (Wildman–Crippen LogP) is 3.57. The van der Waals surface area contributed by atoms with Gasteiger partial charge in [0.25, 0.3) is 0 Å². The first-order valence-corrected chi connectivity index (χ1v) is 12.1. The summed E-state index contributed by atoms with van der Waals surface area (Å²) >= 11 is 9.42. The number of benzene rings is 2. The topological polar surface area (TPSA) is 49.9 Å². The molecular formula is C20H24BrClN2O3S. The van der Waals surface area contributed by atoms with Crippen LogP contribution in [0.15, 0.2) is 57.9 Å². The molecule has 0 saturated carbocycles. The summed E-state index contributed by atoms with van der Waals surface area (Å²) in [4.78, 5) is 4.92. The van der Waals surface area contributed by atoms with Crippen molar-refractivity contribution in [2.24, 2.45) is 0 Å². The average molecular weight is 488 g/mol. The summed E-state index contributed by atoms with van der Waals surface area (Å²) in [5.41, 5.74) is 0. The standard InChI is InChI=1S/C20H24BrClN2O3S/c21-17-5-7-18(8-6-17)28(25,26)16-14-24-11-9-23(10-12-24)13-15-27-20-4-2-1-3-19(20)22/h1-8H,9-16H2. The largest absolute Gasteiger partial charge is 0.491 e. The van der Waals surface area contributed by atoms with Crippen molar-refractivity contribution in [3.8, 4) is 5.75 Å². The van der Waals surface area contributed by atoms with Crippen molar-refractivity contribution in [3.05, 3.63) is 58.0 Å². The fourth-order valence-electron chi connectivity index (χ4n) is 3.09. The molecule has 0 aromatic heterocycles. The maximum atomic E-state index is 12.5. The van der Waals surface area contributed by atoms with Gasteiger partial charge in [0, 0.05) is 43.7 Å². The van der Waals surface area contributed by atoms with E-state index in [1.165, 1.54) is 0 Å². The summed E-state index contributed by atoms with van der Waals surface area (Å²) in [7, 11) is -3.25. The minimum atomic E-state index is -3.25. The number of ether oxygens (including phenoxy) is 1. The van der Waals surface area contributed by atoms with Crippen LogP contribution in [0.1, 0.15) is 0 Å². The van der Waals surface area contributed by atoms with Gasteiger partial charge in [-0.1, -0.05) is 39.7 Å². The van der Waals surface area contributed by atoms with Gasteiger partial charge < -0.3 is 4.74 Å². The zero-order valence-electron chi connectivity index (χ0n) is 15.6. The summed E-state index contributed by atoms with van der Waals surface area (Å²) in [6.07, 6.45) is 0. The lowest BCUT2D eigenvalue weighted by molar-refractivity contribution is 0.121. The van der Waals surface area contributed by atoms with Crippen LogP contribution in [0.25, 0.3) is 0 Å². The lowest BCUT2D eigenvalue weighted by Gasteiger charge is -2.34. The number of hydrogen-bond donors (Lipinski definition) is 0. The Kier molecular flexibility index (Phi) is 7.77. The summed E-state index contributed by atoms with van der Waals surface area (Å²) in [5, 5.41) is 0.624. The van der Waals surface area contributed by atoms with Crippen LogP contribution in [-0.2, 0) is 9.84 Å². The van der Waals surface area contributed by atoms with Gasteiger partial charge in [0.1, 0.15) is 12.4 Å². The molecule has 28 heavy (non-hydrogen) atoms. The number of para-hydroxylation sites is 1. The highest BCUT2D eigenvalue weighted by molar-refractivity contribution is 9.10. The minimum Gasteiger partial charge on any atom is -0.491 e. The third-order valence-electron chi connectivity index (χ3n) is 4.82. The van der Waals surface area contributed by atoms with Gasteiger partial charge in [-0.25, -0.2) is 8.42 Å². The van der Waals surface area contributed by atoms with E-state index >= 15 is 0 Å². The monoisotopic (exact) mass is 486 g/mol. The smallest absolute Gasteiger partial charge is 0.179 e. The van der Waals surface area contributed by atoms with Gasteiger partial charge in [0.15, 0.2) is 9.84 Å². The first-order valence-electron chi connectivity index (χ1n) is 9.24. The van der Waals surface area contributed by atoms with Gasteiger partial charge >= 0.3 is 0 Å². The second-order valence-corrected chi connectivity index (χ2v) is 10.2. The highest BCUT2D eigenvalue weighted by atomic mass is 79.9. The molecule has 1 fully saturated rings. The summed E-state index contributed by atoms with van der Waals surface area (Å²) in [5.74, 6) is 0.852. The molecule has 0 spiro atoms. The van der Waals surface area contributed by atoms with E-state index in [0.29, 0.717) is 28.8 Å². The number of sulfone groups is 1. The van der Waals surface area contributed by atoms with E-state index in [9.17, 15) is 8.42 Å². The zero-order valence-corrected chi connectivity index (χ0v) is 18.7.